The Labute approximate surface area is 110 Å². The molecule has 0 heterocycles. The van der Waals surface area contributed by atoms with Gasteiger partial charge in [-0.3, -0.25) is 0 Å². The van der Waals surface area contributed by atoms with Crippen LogP contribution in [0.5, 0.6) is 5.75 Å². The molecule has 0 N–H and O–H groups in total. The number of hydrogen-bond acceptors (Lipinski definition) is 2. The number of rotatable bonds is 3. The van der Waals surface area contributed by atoms with Gasteiger partial charge in [0.25, 0.3) is 0 Å². The van der Waals surface area contributed by atoms with E-state index < -0.39 is 39.6 Å². The van der Waals surface area contributed by atoms with E-state index in [0.29, 0.717) is 12.1 Å². The molecule has 1 aromatic rings. The second-order valence-electron chi connectivity index (χ2n) is 3.34. The molecule has 0 aliphatic rings. The van der Waals surface area contributed by atoms with E-state index in [1.165, 1.54) is 0 Å². The van der Waals surface area contributed by atoms with Crippen LogP contribution in [0.25, 0.3) is 0 Å². The van der Waals surface area contributed by atoms with Gasteiger partial charge in [0.1, 0.15) is 5.75 Å². The molecule has 2 nitrogen and oxygen atoms in total. The van der Waals surface area contributed by atoms with E-state index in [-0.39, 0.29) is 5.56 Å². The van der Waals surface area contributed by atoms with Crippen LogP contribution in [0, 0.1) is 0 Å². The van der Waals surface area contributed by atoms with Gasteiger partial charge in [0.05, 0.1) is 11.3 Å². The van der Waals surface area contributed by atoms with Gasteiger partial charge in [-0.25, -0.2) is 4.21 Å². The Balaban J connectivity index is 3.12. The van der Waals surface area contributed by atoms with Crippen LogP contribution in [-0.2, 0) is 16.4 Å². The highest BCUT2D eigenvalue weighted by molar-refractivity contribution is 8.08. The van der Waals surface area contributed by atoms with Gasteiger partial charge in [-0.2, -0.15) is 13.2 Å². The molecule has 0 aliphatic heterocycles. The van der Waals surface area contributed by atoms with Gasteiger partial charge < -0.3 is 4.74 Å². The maximum Gasteiger partial charge on any atom is 0.573 e. The topological polar surface area (TPSA) is 26.3 Å². The van der Waals surface area contributed by atoms with Crippen molar-refractivity contribution >= 4 is 20.7 Å². The zero-order chi connectivity index (χ0) is 14.8. The minimum atomic E-state index is -5.06. The molecule has 19 heavy (non-hydrogen) atoms. The van der Waals surface area contributed by atoms with Gasteiger partial charge in [-0.15, -0.1) is 13.2 Å². The predicted molar refractivity (Wildman–Crippen MR) is 55.1 cm³/mol. The predicted octanol–water partition coefficient (Wildman–Crippen LogP) is 3.95. The SMILES string of the molecule is O=S(Cl)c1cc(CC(F)(F)F)ccc1OC(F)(F)F. The lowest BCUT2D eigenvalue weighted by molar-refractivity contribution is -0.275. The average Bonchev–Trinajstić information content (AvgIpc) is 2.15. The summed E-state index contributed by atoms with van der Waals surface area (Å²) in [6, 6.07) is 2.10. The van der Waals surface area contributed by atoms with Gasteiger partial charge >= 0.3 is 12.5 Å². The monoisotopic (exact) mass is 326 g/mol. The molecule has 0 fully saturated rings. The molecule has 0 aliphatic carbocycles. The second-order valence-corrected chi connectivity index (χ2v) is 5.07. The summed E-state index contributed by atoms with van der Waals surface area (Å²) < 4.78 is 87.0. The van der Waals surface area contributed by atoms with Crippen LogP contribution in [-0.4, -0.2) is 16.7 Å². The first-order valence-electron chi connectivity index (χ1n) is 4.51. The van der Waals surface area contributed by atoms with Crippen LogP contribution in [0.3, 0.4) is 0 Å². The zero-order valence-corrected chi connectivity index (χ0v) is 10.4. The lowest BCUT2D eigenvalue weighted by Gasteiger charge is -2.13. The summed E-state index contributed by atoms with van der Waals surface area (Å²) >= 11 is 0. The third-order valence-electron chi connectivity index (χ3n) is 1.81. The van der Waals surface area contributed by atoms with Gasteiger partial charge in [0.15, 0.2) is 10.0 Å². The fourth-order valence-corrected chi connectivity index (χ4v) is 2.10. The minimum absolute atomic E-state index is 0.369. The van der Waals surface area contributed by atoms with Crippen LogP contribution in [0.15, 0.2) is 23.1 Å². The Bertz CT molecular complexity index is 485. The molecule has 10 heteroatoms. The maximum absolute atomic E-state index is 12.1. The number of hydrogen-bond donors (Lipinski definition) is 0. The Morgan fingerprint density at radius 1 is 1.16 bits per heavy atom. The van der Waals surface area contributed by atoms with Crippen molar-refractivity contribution in [3.63, 3.8) is 0 Å². The standard InChI is InChI=1S/C9H5ClF6O2S/c10-19(17)7-3-5(4-8(11,12)13)1-2-6(7)18-9(14,15)16/h1-3H,4H2. The third kappa shape index (κ3) is 5.68. The van der Waals surface area contributed by atoms with E-state index in [4.69, 9.17) is 10.7 Å². The van der Waals surface area contributed by atoms with Crippen molar-refractivity contribution in [2.24, 2.45) is 0 Å². The summed E-state index contributed by atoms with van der Waals surface area (Å²) in [7, 11) is 2.69. The Kier molecular flexibility index (Phi) is 4.72. The van der Waals surface area contributed by atoms with Crippen molar-refractivity contribution in [3.05, 3.63) is 23.8 Å². The van der Waals surface area contributed by atoms with Crippen molar-refractivity contribution in [2.45, 2.75) is 23.9 Å². The molecule has 0 radical (unpaired) electrons. The summed E-state index contributed by atoms with van der Waals surface area (Å²) in [5.74, 6) is -0.897. The number of alkyl halides is 6. The summed E-state index contributed by atoms with van der Waals surface area (Å²) in [6.45, 7) is 0. The second kappa shape index (κ2) is 5.58. The van der Waals surface area contributed by atoms with E-state index in [1.807, 2.05) is 0 Å². The normalized spacial score (nSPS) is 14.3. The minimum Gasteiger partial charge on any atom is -0.404 e. The van der Waals surface area contributed by atoms with Crippen LogP contribution in [0.4, 0.5) is 26.3 Å². The highest BCUT2D eigenvalue weighted by Gasteiger charge is 2.33. The van der Waals surface area contributed by atoms with E-state index in [2.05, 4.69) is 4.74 Å². The third-order valence-corrected chi connectivity index (χ3v) is 2.97. The first-order valence-corrected chi connectivity index (χ1v) is 6.49. The van der Waals surface area contributed by atoms with Crippen LogP contribution < -0.4 is 4.74 Å². The molecule has 108 valence electrons. The van der Waals surface area contributed by atoms with Crippen molar-refractivity contribution in [1.82, 2.24) is 0 Å². The summed E-state index contributed by atoms with van der Waals surface area (Å²) in [6.07, 6.45) is -11.0. The van der Waals surface area contributed by atoms with Crippen LogP contribution >= 0.6 is 10.7 Å². The summed E-state index contributed by atoms with van der Waals surface area (Å²) in [5, 5.41) is 0. The number of halogens is 7. The highest BCUT2D eigenvalue weighted by Crippen LogP contribution is 2.32. The number of benzene rings is 1. The van der Waals surface area contributed by atoms with Gasteiger partial charge in [0.2, 0.25) is 0 Å². The Morgan fingerprint density at radius 3 is 2.16 bits per heavy atom. The van der Waals surface area contributed by atoms with Crippen molar-refractivity contribution in [1.29, 1.82) is 0 Å². The van der Waals surface area contributed by atoms with E-state index in [1.54, 1.807) is 0 Å². The van der Waals surface area contributed by atoms with Gasteiger partial charge in [0, 0.05) is 0 Å². The Hall–Kier alpha value is -0.960. The van der Waals surface area contributed by atoms with Crippen molar-refractivity contribution < 1.29 is 35.3 Å². The van der Waals surface area contributed by atoms with Crippen LogP contribution in [0.2, 0.25) is 0 Å². The molecule has 0 amide bonds. The summed E-state index contributed by atoms with van der Waals surface area (Å²) in [4.78, 5) is -0.666. The lowest BCUT2D eigenvalue weighted by atomic mass is 10.1. The Morgan fingerprint density at radius 2 is 1.74 bits per heavy atom. The van der Waals surface area contributed by atoms with E-state index in [9.17, 15) is 30.6 Å². The van der Waals surface area contributed by atoms with E-state index in [0.717, 1.165) is 6.07 Å². The first-order chi connectivity index (χ1) is 8.48. The lowest BCUT2D eigenvalue weighted by Crippen LogP contribution is -2.18. The molecular formula is C9H5ClF6O2S. The molecule has 1 aromatic carbocycles. The van der Waals surface area contributed by atoms with Gasteiger partial charge in [-0.05, 0) is 28.4 Å². The molecule has 0 aromatic heterocycles. The average molecular weight is 327 g/mol. The molecule has 0 spiro atoms. The highest BCUT2D eigenvalue weighted by atomic mass is 35.7. The molecule has 0 saturated heterocycles. The maximum atomic E-state index is 12.1. The fraction of sp³-hybridized carbons (Fsp3) is 0.333. The summed E-state index contributed by atoms with van der Waals surface area (Å²) in [5.41, 5.74) is -0.369. The smallest absolute Gasteiger partial charge is 0.404 e. The molecule has 1 unspecified atom stereocenters. The van der Waals surface area contributed by atoms with Crippen molar-refractivity contribution in [3.8, 4) is 5.75 Å². The molecule has 1 atom stereocenters. The largest absolute Gasteiger partial charge is 0.573 e. The number of ether oxygens (including phenoxy) is 1. The van der Waals surface area contributed by atoms with E-state index >= 15 is 0 Å². The van der Waals surface area contributed by atoms with Gasteiger partial charge in [-0.1, -0.05) is 6.07 Å². The zero-order valence-electron chi connectivity index (χ0n) is 8.81. The molecule has 0 bridgehead atoms. The quantitative estimate of drug-likeness (QED) is 0.621. The first kappa shape index (κ1) is 16.1. The molecular weight excluding hydrogens is 322 g/mol. The van der Waals surface area contributed by atoms with Crippen molar-refractivity contribution in [2.75, 3.05) is 0 Å². The molecule has 1 rings (SSSR count). The molecule has 0 saturated carbocycles. The fourth-order valence-electron chi connectivity index (χ4n) is 1.23. The van der Waals surface area contributed by atoms with Crippen LogP contribution in [0.1, 0.15) is 5.56 Å².